The van der Waals surface area contributed by atoms with Crippen LogP contribution in [0.15, 0.2) is 48.9 Å². The van der Waals surface area contributed by atoms with Crippen molar-refractivity contribution >= 4 is 11.6 Å². The maximum absolute atomic E-state index is 13.0. The largest absolute Gasteiger partial charge is 0.481 e. The van der Waals surface area contributed by atoms with E-state index in [0.717, 1.165) is 16.7 Å². The Kier molecular flexibility index (Phi) is 3.98. The Balaban J connectivity index is 2.15. The van der Waals surface area contributed by atoms with E-state index in [0.29, 0.717) is 16.6 Å². The zero-order valence-corrected chi connectivity index (χ0v) is 12.4. The van der Waals surface area contributed by atoms with Crippen molar-refractivity contribution in [1.29, 1.82) is 0 Å². The first-order valence-electron chi connectivity index (χ1n) is 6.46. The van der Waals surface area contributed by atoms with Gasteiger partial charge in [0.25, 0.3) is 0 Å². The average molecular weight is 316 g/mol. The van der Waals surface area contributed by atoms with Gasteiger partial charge in [0.2, 0.25) is 11.8 Å². The molecule has 0 aliphatic rings. The highest BCUT2D eigenvalue weighted by atomic mass is 35.5. The van der Waals surface area contributed by atoms with Crippen molar-refractivity contribution < 1.29 is 9.13 Å². The maximum Gasteiger partial charge on any atom is 0.212 e. The van der Waals surface area contributed by atoms with Crippen molar-refractivity contribution in [3.05, 3.63) is 60.0 Å². The van der Waals surface area contributed by atoms with E-state index in [4.69, 9.17) is 16.3 Å². The van der Waals surface area contributed by atoms with Crippen molar-refractivity contribution in [2.75, 3.05) is 7.11 Å². The molecule has 22 heavy (non-hydrogen) atoms. The molecule has 0 aromatic carbocycles. The van der Waals surface area contributed by atoms with Gasteiger partial charge in [0.1, 0.15) is 5.15 Å². The summed E-state index contributed by atoms with van der Waals surface area (Å²) < 4.78 is 18.1. The third-order valence-corrected chi connectivity index (χ3v) is 3.46. The molecule has 3 aromatic rings. The predicted molar refractivity (Wildman–Crippen MR) is 82.2 cm³/mol. The third kappa shape index (κ3) is 2.76. The number of ether oxygens (including phenoxy) is 1. The molecule has 0 spiro atoms. The van der Waals surface area contributed by atoms with E-state index in [9.17, 15) is 4.39 Å². The average Bonchev–Trinajstić information content (AvgIpc) is 2.55. The second kappa shape index (κ2) is 6.07. The lowest BCUT2D eigenvalue weighted by Crippen LogP contribution is -1.92. The molecule has 0 unspecified atom stereocenters. The van der Waals surface area contributed by atoms with Crippen LogP contribution in [0.3, 0.4) is 0 Å². The van der Waals surface area contributed by atoms with Crippen LogP contribution in [0.25, 0.3) is 22.3 Å². The standard InChI is InChI=1S/C16H11ClFN3O/c1-22-14-5-3-11(9-21-14)15-12(6-7-19-16(15)17)10-2-4-13(18)20-8-10/h2-9H,1H3. The van der Waals surface area contributed by atoms with Gasteiger partial charge in [-0.1, -0.05) is 11.6 Å². The van der Waals surface area contributed by atoms with Crippen molar-refractivity contribution in [2.24, 2.45) is 0 Å². The van der Waals surface area contributed by atoms with Gasteiger partial charge < -0.3 is 4.74 Å². The minimum absolute atomic E-state index is 0.341. The van der Waals surface area contributed by atoms with Crippen molar-refractivity contribution in [3.8, 4) is 28.1 Å². The Labute approximate surface area is 131 Å². The predicted octanol–water partition coefficient (Wildman–Crippen LogP) is 4.01. The van der Waals surface area contributed by atoms with E-state index in [2.05, 4.69) is 15.0 Å². The summed E-state index contributed by atoms with van der Waals surface area (Å²) in [7, 11) is 1.55. The number of rotatable bonds is 3. The van der Waals surface area contributed by atoms with Crippen LogP contribution in [-0.2, 0) is 0 Å². The summed E-state index contributed by atoms with van der Waals surface area (Å²) in [4.78, 5) is 12.0. The molecule has 6 heteroatoms. The summed E-state index contributed by atoms with van der Waals surface area (Å²) in [5.41, 5.74) is 3.06. The fraction of sp³-hybridized carbons (Fsp3) is 0.0625. The molecule has 0 N–H and O–H groups in total. The minimum Gasteiger partial charge on any atom is -0.481 e. The first-order chi connectivity index (χ1) is 10.7. The molecule has 0 fully saturated rings. The Bertz CT molecular complexity index is 791. The Morgan fingerprint density at radius 2 is 1.73 bits per heavy atom. The Morgan fingerprint density at radius 3 is 2.36 bits per heavy atom. The Morgan fingerprint density at radius 1 is 0.955 bits per heavy atom. The number of nitrogens with zero attached hydrogens (tertiary/aromatic N) is 3. The molecule has 0 saturated carbocycles. The molecule has 3 rings (SSSR count). The normalized spacial score (nSPS) is 10.5. The molecule has 0 amide bonds. The molecule has 0 bridgehead atoms. The van der Waals surface area contributed by atoms with E-state index in [1.54, 1.807) is 37.7 Å². The van der Waals surface area contributed by atoms with Crippen LogP contribution in [0.1, 0.15) is 0 Å². The lowest BCUT2D eigenvalue weighted by Gasteiger charge is -2.11. The molecular weight excluding hydrogens is 305 g/mol. The zero-order valence-electron chi connectivity index (χ0n) is 11.6. The summed E-state index contributed by atoms with van der Waals surface area (Å²) in [5, 5.41) is 0.341. The number of hydrogen-bond donors (Lipinski definition) is 0. The molecule has 3 aromatic heterocycles. The van der Waals surface area contributed by atoms with Crippen LogP contribution in [0, 0.1) is 5.95 Å². The van der Waals surface area contributed by atoms with E-state index in [1.807, 2.05) is 6.07 Å². The third-order valence-electron chi connectivity index (χ3n) is 3.18. The monoisotopic (exact) mass is 315 g/mol. The molecule has 0 radical (unpaired) electrons. The second-order valence-corrected chi connectivity index (χ2v) is 4.84. The highest BCUT2D eigenvalue weighted by molar-refractivity contribution is 6.32. The summed E-state index contributed by atoms with van der Waals surface area (Å²) in [5.74, 6) is -0.0228. The van der Waals surface area contributed by atoms with Gasteiger partial charge in [-0.25, -0.2) is 15.0 Å². The Hall–Kier alpha value is -2.53. The number of pyridine rings is 3. The van der Waals surface area contributed by atoms with Crippen molar-refractivity contribution in [2.45, 2.75) is 0 Å². The van der Waals surface area contributed by atoms with Crippen LogP contribution >= 0.6 is 11.6 Å². The first-order valence-corrected chi connectivity index (χ1v) is 6.83. The topological polar surface area (TPSA) is 47.9 Å². The van der Waals surface area contributed by atoms with Gasteiger partial charge in [-0.3, -0.25) is 0 Å². The van der Waals surface area contributed by atoms with Crippen LogP contribution < -0.4 is 4.74 Å². The fourth-order valence-corrected chi connectivity index (χ4v) is 2.40. The summed E-state index contributed by atoms with van der Waals surface area (Å²) in [6, 6.07) is 8.34. The molecule has 0 aliphatic carbocycles. The molecule has 0 saturated heterocycles. The second-order valence-electron chi connectivity index (χ2n) is 4.48. The van der Waals surface area contributed by atoms with Gasteiger partial charge >= 0.3 is 0 Å². The highest BCUT2D eigenvalue weighted by Gasteiger charge is 2.13. The van der Waals surface area contributed by atoms with E-state index in [-0.39, 0.29) is 0 Å². The van der Waals surface area contributed by atoms with Crippen LogP contribution in [0.2, 0.25) is 5.15 Å². The number of hydrogen-bond acceptors (Lipinski definition) is 4. The molecule has 0 aliphatic heterocycles. The molecule has 4 nitrogen and oxygen atoms in total. The lowest BCUT2D eigenvalue weighted by atomic mass is 9.99. The quantitative estimate of drug-likeness (QED) is 0.685. The molecule has 110 valence electrons. The van der Waals surface area contributed by atoms with Crippen LogP contribution in [0.5, 0.6) is 5.88 Å². The van der Waals surface area contributed by atoms with E-state index >= 15 is 0 Å². The number of halogens is 2. The highest BCUT2D eigenvalue weighted by Crippen LogP contribution is 2.36. The SMILES string of the molecule is COc1ccc(-c2c(-c3ccc(F)nc3)ccnc2Cl)cn1. The fourth-order valence-electron chi connectivity index (χ4n) is 2.14. The zero-order chi connectivity index (χ0) is 15.5. The maximum atomic E-state index is 13.0. The number of methoxy groups -OCH3 is 1. The smallest absolute Gasteiger partial charge is 0.212 e. The molecule has 3 heterocycles. The van der Waals surface area contributed by atoms with Crippen LogP contribution in [0.4, 0.5) is 4.39 Å². The van der Waals surface area contributed by atoms with Gasteiger partial charge in [-0.2, -0.15) is 4.39 Å². The lowest BCUT2D eigenvalue weighted by molar-refractivity contribution is 0.398. The molecule has 0 atom stereocenters. The summed E-state index contributed by atoms with van der Waals surface area (Å²) in [6.45, 7) is 0. The van der Waals surface area contributed by atoms with E-state index < -0.39 is 5.95 Å². The van der Waals surface area contributed by atoms with Crippen molar-refractivity contribution in [3.63, 3.8) is 0 Å². The van der Waals surface area contributed by atoms with Gasteiger partial charge in [-0.05, 0) is 29.8 Å². The number of aromatic nitrogens is 3. The first kappa shape index (κ1) is 14.4. The summed E-state index contributed by atoms with van der Waals surface area (Å²) in [6.07, 6.45) is 4.71. The van der Waals surface area contributed by atoms with Gasteiger partial charge in [-0.15, -0.1) is 0 Å². The van der Waals surface area contributed by atoms with E-state index in [1.165, 1.54) is 12.3 Å². The molecular formula is C16H11ClFN3O. The van der Waals surface area contributed by atoms with Gasteiger partial charge in [0.05, 0.1) is 7.11 Å². The minimum atomic E-state index is -0.531. The van der Waals surface area contributed by atoms with Crippen LogP contribution in [-0.4, -0.2) is 22.1 Å². The van der Waals surface area contributed by atoms with Gasteiger partial charge in [0, 0.05) is 41.3 Å². The van der Waals surface area contributed by atoms with Crippen molar-refractivity contribution in [1.82, 2.24) is 15.0 Å². The van der Waals surface area contributed by atoms with Gasteiger partial charge in [0.15, 0.2) is 0 Å². The summed E-state index contributed by atoms with van der Waals surface area (Å²) >= 11 is 6.25.